The minimum atomic E-state index is 0. The Kier molecular flexibility index (Phi) is 7.96. The summed E-state index contributed by atoms with van der Waals surface area (Å²) in [6.45, 7) is 15.0. The van der Waals surface area contributed by atoms with Gasteiger partial charge in [0, 0.05) is 13.1 Å². The van der Waals surface area contributed by atoms with Gasteiger partial charge in [-0.25, -0.2) is 9.97 Å². The molecule has 146 valence electrons. The Morgan fingerprint density at radius 1 is 0.593 bits per heavy atom. The Hall–Kier alpha value is -1.75. The predicted octanol–water partition coefficient (Wildman–Crippen LogP) is 4.89. The van der Waals surface area contributed by atoms with Gasteiger partial charge in [0.2, 0.25) is 0 Å². The van der Waals surface area contributed by atoms with E-state index in [-0.39, 0.29) is 12.4 Å². The normalized spacial score (nSPS) is 11.5. The first kappa shape index (κ1) is 21.5. The van der Waals surface area contributed by atoms with Gasteiger partial charge >= 0.3 is 0 Å². The van der Waals surface area contributed by atoms with Crippen LogP contribution in [0, 0.1) is 0 Å². The summed E-state index contributed by atoms with van der Waals surface area (Å²) < 4.78 is 0. The minimum absolute atomic E-state index is 0. The monoisotopic (exact) mass is 386 g/mol. The highest BCUT2D eigenvalue weighted by molar-refractivity contribution is 5.86. The Bertz CT molecular complexity index is 804. The average molecular weight is 387 g/mol. The zero-order chi connectivity index (χ0) is 18.5. The van der Waals surface area contributed by atoms with Crippen LogP contribution in [0.4, 0.5) is 0 Å². The molecule has 3 aromatic rings. The van der Waals surface area contributed by atoms with Crippen LogP contribution in [0.3, 0.4) is 0 Å². The number of rotatable bonds is 8. The molecule has 0 saturated heterocycles. The van der Waals surface area contributed by atoms with Crippen LogP contribution < -0.4 is 0 Å². The summed E-state index contributed by atoms with van der Waals surface area (Å²) in [5, 5.41) is 0. The van der Waals surface area contributed by atoms with Crippen molar-refractivity contribution in [3.63, 3.8) is 0 Å². The highest BCUT2D eigenvalue weighted by Gasteiger charge is 2.07. The van der Waals surface area contributed by atoms with Crippen LogP contribution in [-0.4, -0.2) is 45.9 Å². The molecule has 1 heterocycles. The summed E-state index contributed by atoms with van der Waals surface area (Å²) >= 11 is 0. The van der Waals surface area contributed by atoms with Crippen molar-refractivity contribution in [2.75, 3.05) is 26.2 Å². The van der Waals surface area contributed by atoms with Gasteiger partial charge in [-0.15, -0.1) is 12.4 Å². The Balaban J connectivity index is 0.00000261. The standard InChI is InChI=1S/C22H30N4.ClH/c1-5-25(6-2)15-17-9-11-19-21(13-17)24-22-14-18(10-12-20(22)23-19)16-26(7-3)8-4;/h9-14H,5-8,15-16H2,1-4H3;1H. The fraction of sp³-hybridized carbons (Fsp3) is 0.455. The Morgan fingerprint density at radius 3 is 1.33 bits per heavy atom. The van der Waals surface area contributed by atoms with Crippen molar-refractivity contribution < 1.29 is 0 Å². The second-order valence-electron chi connectivity index (χ2n) is 6.79. The summed E-state index contributed by atoms with van der Waals surface area (Å²) in [5.74, 6) is 0. The van der Waals surface area contributed by atoms with E-state index >= 15 is 0 Å². The predicted molar refractivity (Wildman–Crippen MR) is 118 cm³/mol. The van der Waals surface area contributed by atoms with Crippen molar-refractivity contribution in [1.29, 1.82) is 0 Å². The fourth-order valence-electron chi connectivity index (χ4n) is 3.37. The lowest BCUT2D eigenvalue weighted by Crippen LogP contribution is -2.22. The van der Waals surface area contributed by atoms with Crippen LogP contribution in [-0.2, 0) is 13.1 Å². The van der Waals surface area contributed by atoms with Crippen LogP contribution in [0.25, 0.3) is 22.1 Å². The minimum Gasteiger partial charge on any atom is -0.300 e. The van der Waals surface area contributed by atoms with Gasteiger partial charge in [0.15, 0.2) is 0 Å². The Morgan fingerprint density at radius 2 is 0.963 bits per heavy atom. The van der Waals surface area contributed by atoms with Gasteiger partial charge in [-0.3, -0.25) is 9.80 Å². The molecule has 0 N–H and O–H groups in total. The molecule has 0 unspecified atom stereocenters. The van der Waals surface area contributed by atoms with E-state index in [1.807, 2.05) is 0 Å². The molecule has 1 aromatic heterocycles. The molecule has 4 nitrogen and oxygen atoms in total. The van der Waals surface area contributed by atoms with Gasteiger partial charge in [0.25, 0.3) is 0 Å². The van der Waals surface area contributed by atoms with E-state index in [1.54, 1.807) is 0 Å². The third-order valence-corrected chi connectivity index (χ3v) is 5.16. The van der Waals surface area contributed by atoms with Crippen molar-refractivity contribution >= 4 is 34.5 Å². The van der Waals surface area contributed by atoms with E-state index in [0.717, 1.165) is 61.3 Å². The maximum atomic E-state index is 4.92. The number of benzene rings is 2. The maximum Gasteiger partial charge on any atom is 0.0897 e. The number of hydrogen-bond acceptors (Lipinski definition) is 4. The molecule has 0 aliphatic carbocycles. The van der Waals surface area contributed by atoms with Gasteiger partial charge in [-0.2, -0.15) is 0 Å². The zero-order valence-corrected chi connectivity index (χ0v) is 17.7. The third-order valence-electron chi connectivity index (χ3n) is 5.16. The summed E-state index contributed by atoms with van der Waals surface area (Å²) in [6, 6.07) is 12.9. The van der Waals surface area contributed by atoms with Gasteiger partial charge < -0.3 is 0 Å². The maximum absolute atomic E-state index is 4.92. The molecule has 0 fully saturated rings. The molecular weight excluding hydrogens is 356 g/mol. The number of aromatic nitrogens is 2. The molecule has 0 spiro atoms. The molecule has 0 aliphatic rings. The smallest absolute Gasteiger partial charge is 0.0897 e. The molecule has 5 heteroatoms. The number of hydrogen-bond donors (Lipinski definition) is 0. The summed E-state index contributed by atoms with van der Waals surface area (Å²) in [4.78, 5) is 14.6. The van der Waals surface area contributed by atoms with Crippen molar-refractivity contribution in [3.8, 4) is 0 Å². The zero-order valence-electron chi connectivity index (χ0n) is 16.9. The second kappa shape index (κ2) is 9.98. The SMILES string of the molecule is CCN(CC)Cc1ccc2nc3ccc(CN(CC)CC)cc3nc2c1.Cl. The largest absolute Gasteiger partial charge is 0.300 e. The molecule has 27 heavy (non-hydrogen) atoms. The van der Waals surface area contributed by atoms with Crippen LogP contribution in [0.5, 0.6) is 0 Å². The van der Waals surface area contributed by atoms with Crippen molar-refractivity contribution in [2.24, 2.45) is 0 Å². The van der Waals surface area contributed by atoms with Crippen molar-refractivity contribution in [2.45, 2.75) is 40.8 Å². The first-order valence-corrected chi connectivity index (χ1v) is 9.80. The average Bonchev–Trinajstić information content (AvgIpc) is 2.68. The molecule has 0 amide bonds. The number of halogens is 1. The summed E-state index contributed by atoms with van der Waals surface area (Å²) in [5.41, 5.74) is 6.52. The fourth-order valence-corrected chi connectivity index (χ4v) is 3.37. The van der Waals surface area contributed by atoms with E-state index in [1.165, 1.54) is 11.1 Å². The van der Waals surface area contributed by atoms with E-state index in [9.17, 15) is 0 Å². The molecule has 0 bridgehead atoms. The van der Waals surface area contributed by atoms with Gasteiger partial charge in [-0.1, -0.05) is 39.8 Å². The van der Waals surface area contributed by atoms with E-state index in [0.29, 0.717) is 0 Å². The molecular formula is C22H31ClN4. The molecule has 2 aromatic carbocycles. The highest BCUT2D eigenvalue weighted by Crippen LogP contribution is 2.20. The van der Waals surface area contributed by atoms with Crippen LogP contribution in [0.2, 0.25) is 0 Å². The number of nitrogens with zero attached hydrogens (tertiary/aromatic N) is 4. The first-order chi connectivity index (χ1) is 12.7. The van der Waals surface area contributed by atoms with Gasteiger partial charge in [-0.05, 0) is 61.6 Å². The van der Waals surface area contributed by atoms with E-state index in [2.05, 4.69) is 73.9 Å². The topological polar surface area (TPSA) is 32.3 Å². The highest BCUT2D eigenvalue weighted by atomic mass is 35.5. The lowest BCUT2D eigenvalue weighted by atomic mass is 10.1. The van der Waals surface area contributed by atoms with E-state index in [4.69, 9.17) is 9.97 Å². The molecule has 0 aliphatic heterocycles. The lowest BCUT2D eigenvalue weighted by molar-refractivity contribution is 0.296. The third kappa shape index (κ3) is 5.16. The van der Waals surface area contributed by atoms with E-state index < -0.39 is 0 Å². The van der Waals surface area contributed by atoms with Crippen LogP contribution in [0.15, 0.2) is 36.4 Å². The number of fused-ring (bicyclic) bond motifs is 2. The van der Waals surface area contributed by atoms with Crippen LogP contribution in [0.1, 0.15) is 38.8 Å². The first-order valence-electron chi connectivity index (χ1n) is 9.80. The molecule has 0 atom stereocenters. The Labute approximate surface area is 169 Å². The summed E-state index contributed by atoms with van der Waals surface area (Å²) in [6.07, 6.45) is 0. The summed E-state index contributed by atoms with van der Waals surface area (Å²) in [7, 11) is 0. The molecule has 0 saturated carbocycles. The lowest BCUT2D eigenvalue weighted by Gasteiger charge is -2.18. The molecule has 0 radical (unpaired) electrons. The van der Waals surface area contributed by atoms with Crippen LogP contribution >= 0.6 is 12.4 Å². The van der Waals surface area contributed by atoms with Crippen molar-refractivity contribution in [3.05, 3.63) is 47.5 Å². The van der Waals surface area contributed by atoms with Gasteiger partial charge in [0.1, 0.15) is 0 Å². The van der Waals surface area contributed by atoms with Crippen molar-refractivity contribution in [1.82, 2.24) is 19.8 Å². The van der Waals surface area contributed by atoms with Gasteiger partial charge in [0.05, 0.1) is 22.1 Å². The quantitative estimate of drug-likeness (QED) is 0.516. The molecule has 3 rings (SSSR count). The second-order valence-corrected chi connectivity index (χ2v) is 6.79.